The molecule has 0 spiro atoms. The van der Waals surface area contributed by atoms with Crippen LogP contribution in [0.5, 0.6) is 0 Å². The summed E-state index contributed by atoms with van der Waals surface area (Å²) in [7, 11) is 0. The van der Waals surface area contributed by atoms with Crippen LogP contribution >= 0.6 is 0 Å². The molecule has 5 nitrogen and oxygen atoms in total. The summed E-state index contributed by atoms with van der Waals surface area (Å²) in [6.07, 6.45) is 4.46. The van der Waals surface area contributed by atoms with Crippen molar-refractivity contribution in [2.45, 2.75) is 43.3 Å². The molecule has 2 saturated heterocycles. The van der Waals surface area contributed by atoms with Crippen LogP contribution in [-0.2, 0) is 4.79 Å². The maximum atomic E-state index is 11.1. The molecule has 1 saturated carbocycles. The number of likely N-dealkylation sites (tertiary alicyclic amines) is 2. The molecule has 2 heterocycles. The molecule has 5 heteroatoms. The fourth-order valence-electron chi connectivity index (χ4n) is 3.19. The van der Waals surface area contributed by atoms with Gasteiger partial charge in [-0.25, -0.2) is 0 Å². The maximum absolute atomic E-state index is 11.1. The van der Waals surface area contributed by atoms with Gasteiger partial charge in [0.25, 0.3) is 0 Å². The van der Waals surface area contributed by atoms with Crippen LogP contribution < -0.4 is 5.73 Å². The van der Waals surface area contributed by atoms with Crippen LogP contribution in [0.4, 0.5) is 0 Å². The smallest absolute Gasteiger partial charge is 0.325 e. The van der Waals surface area contributed by atoms with Gasteiger partial charge >= 0.3 is 5.97 Å². The molecule has 1 aliphatic carbocycles. The second-order valence-corrected chi connectivity index (χ2v) is 5.85. The van der Waals surface area contributed by atoms with Gasteiger partial charge in [0.2, 0.25) is 0 Å². The molecule has 0 aromatic carbocycles. The molecule has 0 amide bonds. The highest BCUT2D eigenvalue weighted by molar-refractivity contribution is 5.79. The first-order valence-corrected chi connectivity index (χ1v) is 6.59. The quantitative estimate of drug-likeness (QED) is 0.708. The first-order valence-electron chi connectivity index (χ1n) is 6.59. The maximum Gasteiger partial charge on any atom is 0.325 e. The monoisotopic (exact) mass is 239 g/mol. The third-order valence-corrected chi connectivity index (χ3v) is 4.53. The Morgan fingerprint density at radius 2 is 1.94 bits per heavy atom. The van der Waals surface area contributed by atoms with E-state index in [0.717, 1.165) is 19.1 Å². The van der Waals surface area contributed by atoms with Crippen LogP contribution in [0, 0.1) is 0 Å². The molecule has 3 aliphatic rings. The van der Waals surface area contributed by atoms with Crippen LogP contribution in [-0.4, -0.2) is 64.7 Å². The first kappa shape index (κ1) is 11.4. The number of hydrogen-bond acceptors (Lipinski definition) is 4. The largest absolute Gasteiger partial charge is 0.480 e. The number of carboxylic acid groups (broad SMARTS) is 1. The van der Waals surface area contributed by atoms with Crippen molar-refractivity contribution < 1.29 is 9.90 Å². The Hall–Kier alpha value is -0.650. The Balaban J connectivity index is 1.58. The summed E-state index contributed by atoms with van der Waals surface area (Å²) in [5.41, 5.74) is 4.90. The van der Waals surface area contributed by atoms with Gasteiger partial charge < -0.3 is 10.8 Å². The molecular weight excluding hydrogens is 218 g/mol. The number of carboxylic acids is 1. The molecule has 0 bridgehead atoms. The van der Waals surface area contributed by atoms with E-state index in [1.165, 1.54) is 25.8 Å². The molecule has 2 aliphatic heterocycles. The van der Waals surface area contributed by atoms with E-state index in [2.05, 4.69) is 9.80 Å². The number of rotatable bonds is 3. The molecular formula is C12H21N3O2. The van der Waals surface area contributed by atoms with Gasteiger partial charge in [0.15, 0.2) is 0 Å². The number of nitrogens with zero attached hydrogens (tertiary/aromatic N) is 2. The second-order valence-electron chi connectivity index (χ2n) is 5.85. The lowest BCUT2D eigenvalue weighted by Crippen LogP contribution is -2.51. The molecule has 3 rings (SSSR count). The van der Waals surface area contributed by atoms with Crippen molar-refractivity contribution in [1.29, 1.82) is 0 Å². The summed E-state index contributed by atoms with van der Waals surface area (Å²) in [5.74, 6) is -0.850. The number of nitrogens with two attached hydrogens (primary N) is 1. The zero-order chi connectivity index (χ0) is 12.0. The Labute approximate surface area is 102 Å². The zero-order valence-electron chi connectivity index (χ0n) is 10.1. The molecule has 3 fully saturated rings. The van der Waals surface area contributed by atoms with Crippen molar-refractivity contribution in [2.24, 2.45) is 5.73 Å². The predicted molar refractivity (Wildman–Crippen MR) is 63.7 cm³/mol. The molecule has 0 aromatic rings. The highest BCUT2D eigenvalue weighted by Crippen LogP contribution is 2.32. The van der Waals surface area contributed by atoms with Gasteiger partial charge in [-0.05, 0) is 25.7 Å². The Morgan fingerprint density at radius 3 is 2.53 bits per heavy atom. The average Bonchev–Trinajstić information content (AvgIpc) is 2.88. The summed E-state index contributed by atoms with van der Waals surface area (Å²) < 4.78 is 0. The van der Waals surface area contributed by atoms with Crippen molar-refractivity contribution in [3.8, 4) is 0 Å². The van der Waals surface area contributed by atoms with E-state index < -0.39 is 11.5 Å². The van der Waals surface area contributed by atoms with Gasteiger partial charge in [-0.3, -0.25) is 14.6 Å². The van der Waals surface area contributed by atoms with Crippen LogP contribution in [0.15, 0.2) is 0 Å². The summed E-state index contributed by atoms with van der Waals surface area (Å²) in [5, 5.41) is 9.12. The molecule has 17 heavy (non-hydrogen) atoms. The van der Waals surface area contributed by atoms with E-state index in [1.54, 1.807) is 0 Å². The van der Waals surface area contributed by atoms with Gasteiger partial charge in [-0.1, -0.05) is 0 Å². The van der Waals surface area contributed by atoms with Gasteiger partial charge in [-0.2, -0.15) is 0 Å². The third kappa shape index (κ3) is 2.07. The van der Waals surface area contributed by atoms with Gasteiger partial charge in [0, 0.05) is 38.3 Å². The standard InChI is InChI=1S/C12H21N3O2/c13-12(11(16)17)4-6-15(8-12)10-3-5-14(7-10)9-1-2-9/h9-10H,1-8,13H2,(H,16,17). The number of hydrogen-bond donors (Lipinski definition) is 2. The first-order chi connectivity index (χ1) is 8.08. The van der Waals surface area contributed by atoms with E-state index in [0.29, 0.717) is 19.0 Å². The van der Waals surface area contributed by atoms with Crippen molar-refractivity contribution in [1.82, 2.24) is 9.80 Å². The minimum absolute atomic E-state index is 0.519. The highest BCUT2D eigenvalue weighted by Gasteiger charge is 2.45. The Bertz CT molecular complexity index is 332. The second kappa shape index (κ2) is 3.93. The highest BCUT2D eigenvalue weighted by atomic mass is 16.4. The fourth-order valence-corrected chi connectivity index (χ4v) is 3.19. The van der Waals surface area contributed by atoms with Crippen LogP contribution in [0.1, 0.15) is 25.7 Å². The Morgan fingerprint density at radius 1 is 1.18 bits per heavy atom. The Kier molecular flexibility index (Phi) is 2.65. The van der Waals surface area contributed by atoms with E-state index in [4.69, 9.17) is 10.8 Å². The van der Waals surface area contributed by atoms with Crippen LogP contribution in [0.3, 0.4) is 0 Å². The lowest BCUT2D eigenvalue weighted by molar-refractivity contribution is -0.142. The summed E-state index contributed by atoms with van der Waals surface area (Å²) >= 11 is 0. The van der Waals surface area contributed by atoms with Crippen molar-refractivity contribution in [3.05, 3.63) is 0 Å². The van der Waals surface area contributed by atoms with E-state index >= 15 is 0 Å². The van der Waals surface area contributed by atoms with Gasteiger partial charge in [-0.15, -0.1) is 0 Å². The van der Waals surface area contributed by atoms with E-state index in [9.17, 15) is 4.79 Å². The predicted octanol–water partition coefficient (Wildman–Crippen LogP) is -0.289. The molecule has 3 N–H and O–H groups in total. The van der Waals surface area contributed by atoms with Gasteiger partial charge in [0.05, 0.1) is 0 Å². The summed E-state index contributed by atoms with van der Waals surface area (Å²) in [6, 6.07) is 1.35. The number of aliphatic carboxylic acids is 1. The minimum atomic E-state index is -1.01. The number of carbonyl (C=O) groups is 1. The van der Waals surface area contributed by atoms with Gasteiger partial charge in [0.1, 0.15) is 5.54 Å². The third-order valence-electron chi connectivity index (χ3n) is 4.53. The fraction of sp³-hybridized carbons (Fsp3) is 0.917. The SMILES string of the molecule is NC1(C(=O)O)CCN(C2CCN(C3CC3)C2)C1. The van der Waals surface area contributed by atoms with E-state index in [1.807, 2.05) is 0 Å². The lowest BCUT2D eigenvalue weighted by atomic mass is 10.0. The molecule has 2 unspecified atom stereocenters. The molecule has 96 valence electrons. The molecule has 2 atom stereocenters. The molecule has 0 aromatic heterocycles. The van der Waals surface area contributed by atoms with E-state index in [-0.39, 0.29) is 0 Å². The lowest BCUT2D eigenvalue weighted by Gasteiger charge is -2.25. The normalized spacial score (nSPS) is 39.9. The summed E-state index contributed by atoms with van der Waals surface area (Å²) in [4.78, 5) is 15.9. The topological polar surface area (TPSA) is 69.8 Å². The van der Waals surface area contributed by atoms with Crippen molar-refractivity contribution in [2.75, 3.05) is 26.2 Å². The average molecular weight is 239 g/mol. The van der Waals surface area contributed by atoms with Crippen LogP contribution in [0.25, 0.3) is 0 Å². The zero-order valence-corrected chi connectivity index (χ0v) is 10.1. The van der Waals surface area contributed by atoms with Crippen LogP contribution in [0.2, 0.25) is 0 Å². The van der Waals surface area contributed by atoms with Crippen molar-refractivity contribution >= 4 is 5.97 Å². The minimum Gasteiger partial charge on any atom is -0.480 e. The summed E-state index contributed by atoms with van der Waals surface area (Å²) in [6.45, 7) is 3.65. The van der Waals surface area contributed by atoms with Crippen molar-refractivity contribution in [3.63, 3.8) is 0 Å². The molecule has 0 radical (unpaired) electrons.